The summed E-state index contributed by atoms with van der Waals surface area (Å²) in [5.74, 6) is 0.809. The molecular weight excluding hydrogens is 408 g/mol. The van der Waals surface area contributed by atoms with E-state index in [1.165, 1.54) is 11.8 Å². The maximum Gasteiger partial charge on any atom is 0.191 e. The molecule has 0 amide bonds. The number of hydrogen-bond acceptors (Lipinski definition) is 4. The van der Waals surface area contributed by atoms with E-state index in [-0.39, 0.29) is 0 Å². The fraction of sp³-hybridized carbons (Fsp3) is 0.458. The van der Waals surface area contributed by atoms with E-state index in [4.69, 9.17) is 4.99 Å². The van der Waals surface area contributed by atoms with Gasteiger partial charge in [0.15, 0.2) is 15.8 Å². The third-order valence-corrected chi connectivity index (χ3v) is 6.83. The van der Waals surface area contributed by atoms with Crippen LogP contribution in [0.4, 0.5) is 0 Å². The van der Waals surface area contributed by atoms with Crippen LogP contribution in [0.2, 0.25) is 0 Å². The summed E-state index contributed by atoms with van der Waals surface area (Å²) < 4.78 is 23.2. The number of likely N-dealkylation sites (tertiary alicyclic amines) is 1. The fourth-order valence-corrected chi connectivity index (χ4v) is 4.56. The minimum absolute atomic E-state index is 0.335. The van der Waals surface area contributed by atoms with Gasteiger partial charge in [-0.25, -0.2) is 13.4 Å². The second-order valence-electron chi connectivity index (χ2n) is 8.28. The summed E-state index contributed by atoms with van der Waals surface area (Å²) >= 11 is 0. The quantitative estimate of drug-likeness (QED) is 0.509. The predicted molar refractivity (Wildman–Crippen MR) is 127 cm³/mol. The van der Waals surface area contributed by atoms with E-state index >= 15 is 0 Å². The molecule has 1 heterocycles. The first-order valence-electron chi connectivity index (χ1n) is 11.0. The van der Waals surface area contributed by atoms with Crippen LogP contribution in [0.15, 0.2) is 64.5 Å². The number of nitrogens with one attached hydrogen (secondary N) is 2. The first kappa shape index (κ1) is 23.3. The summed E-state index contributed by atoms with van der Waals surface area (Å²) in [5.41, 5.74) is 2.34. The molecule has 31 heavy (non-hydrogen) atoms. The average Bonchev–Trinajstić information content (AvgIpc) is 2.74. The molecule has 6 nitrogen and oxygen atoms in total. The molecule has 3 rings (SSSR count). The lowest BCUT2D eigenvalue weighted by atomic mass is 9.97. The van der Waals surface area contributed by atoms with Gasteiger partial charge in [0.25, 0.3) is 0 Å². The van der Waals surface area contributed by atoms with E-state index in [1.54, 1.807) is 12.1 Å². The van der Waals surface area contributed by atoms with Gasteiger partial charge in [-0.2, -0.15) is 0 Å². The van der Waals surface area contributed by atoms with E-state index in [9.17, 15) is 8.42 Å². The van der Waals surface area contributed by atoms with Gasteiger partial charge in [0.05, 0.1) is 11.4 Å². The summed E-state index contributed by atoms with van der Waals surface area (Å²) in [5, 5.41) is 6.93. The van der Waals surface area contributed by atoms with Crippen LogP contribution in [0.3, 0.4) is 0 Å². The lowest BCUT2D eigenvalue weighted by Gasteiger charge is -2.38. The van der Waals surface area contributed by atoms with Crippen molar-refractivity contribution in [2.75, 3.05) is 19.3 Å². The molecule has 7 heteroatoms. The number of benzene rings is 2. The van der Waals surface area contributed by atoms with E-state index < -0.39 is 9.84 Å². The minimum atomic E-state index is -3.17. The highest BCUT2D eigenvalue weighted by molar-refractivity contribution is 7.90. The fourth-order valence-electron chi connectivity index (χ4n) is 3.93. The van der Waals surface area contributed by atoms with Gasteiger partial charge in [-0.05, 0) is 49.9 Å². The molecule has 0 saturated carbocycles. The third-order valence-electron chi connectivity index (χ3n) is 5.70. The first-order valence-corrected chi connectivity index (χ1v) is 12.9. The van der Waals surface area contributed by atoms with Crippen LogP contribution in [0.25, 0.3) is 0 Å². The molecule has 1 aliphatic rings. The Morgan fingerprint density at radius 2 is 1.81 bits per heavy atom. The zero-order valence-corrected chi connectivity index (χ0v) is 19.5. The van der Waals surface area contributed by atoms with Gasteiger partial charge in [0, 0.05) is 38.0 Å². The van der Waals surface area contributed by atoms with Gasteiger partial charge in [0.2, 0.25) is 0 Å². The van der Waals surface area contributed by atoms with Gasteiger partial charge in [-0.15, -0.1) is 0 Å². The van der Waals surface area contributed by atoms with Crippen LogP contribution >= 0.6 is 0 Å². The monoisotopic (exact) mass is 442 g/mol. The normalized spacial score (nSPS) is 20.4. The second kappa shape index (κ2) is 10.8. The van der Waals surface area contributed by atoms with Crippen LogP contribution in [0.5, 0.6) is 0 Å². The highest BCUT2D eigenvalue weighted by Crippen LogP contribution is 2.20. The SMILES string of the molecule is CCNC(=NCc1ccc(S(C)(=O)=O)cc1)NC1CCN(Cc2ccccc2)C(C)C1. The average molecular weight is 443 g/mol. The molecule has 168 valence electrons. The van der Waals surface area contributed by atoms with E-state index in [0.717, 1.165) is 44.0 Å². The summed E-state index contributed by atoms with van der Waals surface area (Å²) in [6.07, 6.45) is 3.37. The third kappa shape index (κ3) is 7.08. The Labute approximate surface area is 186 Å². The molecule has 0 radical (unpaired) electrons. The topological polar surface area (TPSA) is 73.8 Å². The number of hydrogen-bond donors (Lipinski definition) is 2. The summed E-state index contributed by atoms with van der Waals surface area (Å²) in [7, 11) is -3.17. The van der Waals surface area contributed by atoms with Crippen molar-refractivity contribution in [3.63, 3.8) is 0 Å². The van der Waals surface area contributed by atoms with Crippen molar-refractivity contribution < 1.29 is 8.42 Å². The molecule has 2 atom stereocenters. The number of piperidine rings is 1. The molecule has 1 fully saturated rings. The first-order chi connectivity index (χ1) is 14.8. The molecule has 2 N–H and O–H groups in total. The molecule has 0 bridgehead atoms. The number of aliphatic imine (C=N–C) groups is 1. The molecular formula is C24H34N4O2S. The standard InChI is InChI=1S/C24H34N4O2S/c1-4-25-24(26-17-20-10-12-23(13-11-20)31(3,29)30)27-22-14-15-28(19(2)16-22)18-21-8-6-5-7-9-21/h5-13,19,22H,4,14-18H2,1-3H3,(H2,25,26,27). The van der Waals surface area contributed by atoms with Gasteiger partial charge in [-0.3, -0.25) is 4.90 Å². The molecule has 2 aromatic rings. The van der Waals surface area contributed by atoms with Crippen LogP contribution in [0.1, 0.15) is 37.8 Å². The molecule has 2 unspecified atom stereocenters. The molecule has 1 saturated heterocycles. The van der Waals surface area contributed by atoms with Crippen molar-refractivity contribution in [3.05, 3.63) is 65.7 Å². The van der Waals surface area contributed by atoms with Crippen molar-refractivity contribution in [2.24, 2.45) is 4.99 Å². The van der Waals surface area contributed by atoms with E-state index in [1.807, 2.05) is 12.1 Å². The number of sulfone groups is 1. The molecule has 0 aromatic heterocycles. The Hall–Kier alpha value is -2.38. The summed E-state index contributed by atoms with van der Waals surface area (Å²) in [6, 6.07) is 18.5. The van der Waals surface area contributed by atoms with Crippen LogP contribution in [-0.2, 0) is 22.9 Å². The second-order valence-corrected chi connectivity index (χ2v) is 10.3. The van der Waals surface area contributed by atoms with Gasteiger partial charge in [-0.1, -0.05) is 42.5 Å². The van der Waals surface area contributed by atoms with Crippen molar-refractivity contribution in [3.8, 4) is 0 Å². The van der Waals surface area contributed by atoms with Crippen LogP contribution in [-0.4, -0.2) is 50.7 Å². The Bertz CT molecular complexity index is 959. The molecule has 0 aliphatic carbocycles. The molecule has 0 spiro atoms. The van der Waals surface area contributed by atoms with E-state index in [0.29, 0.717) is 23.5 Å². The lowest BCUT2D eigenvalue weighted by Crippen LogP contribution is -2.51. The Morgan fingerprint density at radius 1 is 1.10 bits per heavy atom. The predicted octanol–water partition coefficient (Wildman–Crippen LogP) is 3.20. The van der Waals surface area contributed by atoms with Crippen molar-refractivity contribution in [1.82, 2.24) is 15.5 Å². The zero-order valence-electron chi connectivity index (χ0n) is 18.7. The van der Waals surface area contributed by atoms with Crippen molar-refractivity contribution in [1.29, 1.82) is 0 Å². The zero-order chi connectivity index (χ0) is 22.3. The molecule has 2 aromatic carbocycles. The number of guanidine groups is 1. The van der Waals surface area contributed by atoms with Crippen molar-refractivity contribution in [2.45, 2.75) is 56.8 Å². The van der Waals surface area contributed by atoms with Crippen LogP contribution < -0.4 is 10.6 Å². The van der Waals surface area contributed by atoms with Gasteiger partial charge in [0.1, 0.15) is 0 Å². The van der Waals surface area contributed by atoms with Crippen molar-refractivity contribution >= 4 is 15.8 Å². The summed E-state index contributed by atoms with van der Waals surface area (Å²) in [6.45, 7) is 7.70. The lowest BCUT2D eigenvalue weighted by molar-refractivity contribution is 0.134. The minimum Gasteiger partial charge on any atom is -0.357 e. The number of nitrogens with zero attached hydrogens (tertiary/aromatic N) is 2. The highest BCUT2D eigenvalue weighted by atomic mass is 32.2. The smallest absolute Gasteiger partial charge is 0.191 e. The summed E-state index contributed by atoms with van der Waals surface area (Å²) in [4.78, 5) is 7.59. The van der Waals surface area contributed by atoms with Crippen LogP contribution in [0, 0.1) is 0 Å². The largest absolute Gasteiger partial charge is 0.357 e. The molecule has 1 aliphatic heterocycles. The van der Waals surface area contributed by atoms with Gasteiger partial charge >= 0.3 is 0 Å². The van der Waals surface area contributed by atoms with Gasteiger partial charge < -0.3 is 10.6 Å². The Morgan fingerprint density at radius 3 is 2.42 bits per heavy atom. The Kier molecular flexibility index (Phi) is 8.09. The van der Waals surface area contributed by atoms with E-state index in [2.05, 4.69) is 59.7 Å². The Balaban J connectivity index is 1.56. The highest BCUT2D eigenvalue weighted by Gasteiger charge is 2.25. The maximum absolute atomic E-state index is 11.6. The number of rotatable bonds is 7. The maximum atomic E-state index is 11.6.